The van der Waals surface area contributed by atoms with Crippen molar-refractivity contribution in [3.8, 4) is 0 Å². The highest BCUT2D eigenvalue weighted by Gasteiger charge is 2.12. The van der Waals surface area contributed by atoms with E-state index in [0.29, 0.717) is 5.02 Å². The van der Waals surface area contributed by atoms with Crippen LogP contribution in [0.25, 0.3) is 0 Å². The second-order valence-electron chi connectivity index (χ2n) is 3.18. The summed E-state index contributed by atoms with van der Waals surface area (Å²) in [6.07, 6.45) is 0.900. The normalized spacial score (nSPS) is 12.9. The third kappa shape index (κ3) is 2.69. The van der Waals surface area contributed by atoms with Crippen molar-refractivity contribution >= 4 is 11.6 Å². The largest absolute Gasteiger partial charge is 0.310 e. The summed E-state index contributed by atoms with van der Waals surface area (Å²) in [6.45, 7) is 4.93. The first-order valence-electron chi connectivity index (χ1n) is 4.87. The molecule has 0 heterocycles. The molecule has 0 saturated carbocycles. The van der Waals surface area contributed by atoms with E-state index in [1.165, 1.54) is 12.1 Å². The van der Waals surface area contributed by atoms with Gasteiger partial charge < -0.3 is 5.32 Å². The van der Waals surface area contributed by atoms with Gasteiger partial charge in [0.05, 0.1) is 0 Å². The van der Waals surface area contributed by atoms with E-state index in [4.69, 9.17) is 11.6 Å². The van der Waals surface area contributed by atoms with Crippen LogP contribution in [-0.2, 0) is 0 Å². The predicted octanol–water partition coefficient (Wildman–Crippen LogP) is 3.54. The van der Waals surface area contributed by atoms with Gasteiger partial charge in [-0.1, -0.05) is 25.4 Å². The van der Waals surface area contributed by atoms with Crippen molar-refractivity contribution in [2.75, 3.05) is 6.54 Å². The van der Waals surface area contributed by atoms with Crippen LogP contribution in [0.2, 0.25) is 5.02 Å². The molecule has 0 radical (unpaired) electrons. The molecule has 1 atom stereocenters. The van der Waals surface area contributed by atoms with Gasteiger partial charge in [-0.25, -0.2) is 4.39 Å². The van der Waals surface area contributed by atoms with E-state index < -0.39 is 0 Å². The zero-order chi connectivity index (χ0) is 10.6. The second-order valence-corrected chi connectivity index (χ2v) is 3.59. The minimum atomic E-state index is -0.235. The topological polar surface area (TPSA) is 12.0 Å². The van der Waals surface area contributed by atoms with Crippen LogP contribution in [0.15, 0.2) is 18.2 Å². The van der Waals surface area contributed by atoms with Gasteiger partial charge in [-0.15, -0.1) is 0 Å². The standard InChI is InChI=1S/C11H15ClFN/c1-3-11(14-4-2)9-7-8(13)5-6-10(9)12/h5-7,11,14H,3-4H2,1-2H3. The Morgan fingerprint density at radius 3 is 2.71 bits per heavy atom. The summed E-state index contributed by atoms with van der Waals surface area (Å²) in [5.74, 6) is -0.235. The van der Waals surface area contributed by atoms with Crippen LogP contribution >= 0.6 is 11.6 Å². The lowest BCUT2D eigenvalue weighted by molar-refractivity contribution is 0.531. The van der Waals surface area contributed by atoms with Crippen LogP contribution in [0.5, 0.6) is 0 Å². The lowest BCUT2D eigenvalue weighted by Gasteiger charge is -2.17. The Morgan fingerprint density at radius 1 is 1.43 bits per heavy atom. The first-order valence-corrected chi connectivity index (χ1v) is 5.25. The average molecular weight is 216 g/mol. The molecule has 0 spiro atoms. The second kappa shape index (κ2) is 5.32. The van der Waals surface area contributed by atoms with Crippen molar-refractivity contribution in [1.29, 1.82) is 0 Å². The average Bonchev–Trinajstić information content (AvgIpc) is 2.18. The summed E-state index contributed by atoms with van der Waals surface area (Å²) in [5.41, 5.74) is 0.844. The van der Waals surface area contributed by atoms with E-state index in [0.717, 1.165) is 18.5 Å². The molecule has 0 aliphatic carbocycles. The molecule has 3 heteroatoms. The van der Waals surface area contributed by atoms with Crippen molar-refractivity contribution < 1.29 is 4.39 Å². The van der Waals surface area contributed by atoms with Gasteiger partial charge in [0.15, 0.2) is 0 Å². The molecular formula is C11H15ClFN. The summed E-state index contributed by atoms with van der Waals surface area (Å²) in [7, 11) is 0. The SMILES string of the molecule is CCNC(CC)c1cc(F)ccc1Cl. The first kappa shape index (κ1) is 11.5. The summed E-state index contributed by atoms with van der Waals surface area (Å²) >= 11 is 6.00. The number of hydrogen-bond acceptors (Lipinski definition) is 1. The van der Waals surface area contributed by atoms with Crippen LogP contribution < -0.4 is 5.32 Å². The molecule has 14 heavy (non-hydrogen) atoms. The molecule has 0 bridgehead atoms. The Hall–Kier alpha value is -0.600. The van der Waals surface area contributed by atoms with Crippen LogP contribution in [0.4, 0.5) is 4.39 Å². The molecule has 1 unspecified atom stereocenters. The minimum absolute atomic E-state index is 0.142. The van der Waals surface area contributed by atoms with Gasteiger partial charge in [0, 0.05) is 11.1 Å². The van der Waals surface area contributed by atoms with Crippen LogP contribution in [-0.4, -0.2) is 6.54 Å². The van der Waals surface area contributed by atoms with Crippen LogP contribution in [0.1, 0.15) is 31.9 Å². The lowest BCUT2D eigenvalue weighted by Crippen LogP contribution is -2.20. The monoisotopic (exact) mass is 215 g/mol. The van der Waals surface area contributed by atoms with Gasteiger partial charge in [-0.05, 0) is 36.7 Å². The van der Waals surface area contributed by atoms with E-state index in [-0.39, 0.29) is 11.9 Å². The zero-order valence-corrected chi connectivity index (χ0v) is 9.24. The maximum Gasteiger partial charge on any atom is 0.123 e. The van der Waals surface area contributed by atoms with Gasteiger partial charge in [0.1, 0.15) is 5.82 Å². The molecular weight excluding hydrogens is 201 g/mol. The van der Waals surface area contributed by atoms with Crippen molar-refractivity contribution in [2.45, 2.75) is 26.3 Å². The van der Waals surface area contributed by atoms with E-state index in [1.807, 2.05) is 6.92 Å². The third-order valence-corrected chi connectivity index (χ3v) is 2.54. The minimum Gasteiger partial charge on any atom is -0.310 e. The number of benzene rings is 1. The molecule has 78 valence electrons. The molecule has 0 fully saturated rings. The highest BCUT2D eigenvalue weighted by Crippen LogP contribution is 2.25. The Kier molecular flexibility index (Phi) is 4.36. The van der Waals surface area contributed by atoms with Gasteiger partial charge >= 0.3 is 0 Å². The molecule has 1 nitrogen and oxygen atoms in total. The summed E-state index contributed by atoms with van der Waals surface area (Å²) in [5, 5.41) is 3.89. The third-order valence-electron chi connectivity index (χ3n) is 2.19. The predicted molar refractivity (Wildman–Crippen MR) is 58.1 cm³/mol. The molecule has 0 amide bonds. The molecule has 0 aromatic heterocycles. The number of nitrogens with one attached hydrogen (secondary N) is 1. The Bertz CT molecular complexity index is 301. The van der Waals surface area contributed by atoms with E-state index >= 15 is 0 Å². The first-order chi connectivity index (χ1) is 6.69. The van der Waals surface area contributed by atoms with Crippen LogP contribution in [0, 0.1) is 5.82 Å². The Labute approximate surface area is 89.3 Å². The summed E-state index contributed by atoms with van der Waals surface area (Å²) < 4.78 is 13.0. The fourth-order valence-electron chi connectivity index (χ4n) is 1.50. The molecule has 0 aliphatic rings. The quantitative estimate of drug-likeness (QED) is 0.810. The highest BCUT2D eigenvalue weighted by atomic mass is 35.5. The van der Waals surface area contributed by atoms with E-state index in [9.17, 15) is 4.39 Å². The Balaban J connectivity index is 2.96. The van der Waals surface area contributed by atoms with Gasteiger partial charge in [-0.2, -0.15) is 0 Å². The van der Waals surface area contributed by atoms with E-state index in [2.05, 4.69) is 12.2 Å². The zero-order valence-electron chi connectivity index (χ0n) is 8.48. The summed E-state index contributed by atoms with van der Waals surface area (Å²) in [4.78, 5) is 0. The number of rotatable bonds is 4. The molecule has 0 saturated heterocycles. The van der Waals surface area contributed by atoms with Crippen LogP contribution in [0.3, 0.4) is 0 Å². The van der Waals surface area contributed by atoms with Gasteiger partial charge in [0.25, 0.3) is 0 Å². The summed E-state index contributed by atoms with van der Waals surface area (Å²) in [6, 6.07) is 4.62. The smallest absolute Gasteiger partial charge is 0.123 e. The fraction of sp³-hybridized carbons (Fsp3) is 0.455. The molecule has 1 aromatic rings. The molecule has 1 N–H and O–H groups in total. The number of halogens is 2. The van der Waals surface area contributed by atoms with Crippen molar-refractivity contribution in [1.82, 2.24) is 5.32 Å². The maximum atomic E-state index is 13.0. The Morgan fingerprint density at radius 2 is 2.14 bits per heavy atom. The molecule has 1 aromatic carbocycles. The maximum absolute atomic E-state index is 13.0. The van der Waals surface area contributed by atoms with Crippen molar-refractivity contribution in [2.24, 2.45) is 0 Å². The highest BCUT2D eigenvalue weighted by molar-refractivity contribution is 6.31. The molecule has 1 rings (SSSR count). The van der Waals surface area contributed by atoms with Crippen molar-refractivity contribution in [3.63, 3.8) is 0 Å². The van der Waals surface area contributed by atoms with Gasteiger partial charge in [0.2, 0.25) is 0 Å². The fourth-order valence-corrected chi connectivity index (χ4v) is 1.75. The molecule has 0 aliphatic heterocycles. The van der Waals surface area contributed by atoms with Gasteiger partial charge in [-0.3, -0.25) is 0 Å². The lowest BCUT2D eigenvalue weighted by atomic mass is 10.0. The number of hydrogen-bond donors (Lipinski definition) is 1. The van der Waals surface area contributed by atoms with Crippen molar-refractivity contribution in [3.05, 3.63) is 34.6 Å². The van der Waals surface area contributed by atoms with E-state index in [1.54, 1.807) is 6.07 Å².